The second-order valence-corrected chi connectivity index (χ2v) is 7.41. The number of benzene rings is 2. The van der Waals surface area contributed by atoms with E-state index < -0.39 is 6.04 Å². The fraction of sp³-hybridized carbons (Fsp3) is 0.200. The summed E-state index contributed by atoms with van der Waals surface area (Å²) in [6.07, 6.45) is 1.38. The molecule has 4 rings (SSSR count). The summed E-state index contributed by atoms with van der Waals surface area (Å²) in [7, 11) is 0. The van der Waals surface area contributed by atoms with Crippen molar-refractivity contribution in [3.63, 3.8) is 0 Å². The summed E-state index contributed by atoms with van der Waals surface area (Å²) >= 11 is 1.20. The van der Waals surface area contributed by atoms with Crippen molar-refractivity contribution in [2.24, 2.45) is 0 Å². The Morgan fingerprint density at radius 3 is 2.57 bits per heavy atom. The van der Waals surface area contributed by atoms with Crippen molar-refractivity contribution in [1.29, 1.82) is 0 Å². The molecule has 1 N–H and O–H groups in total. The molecule has 8 heteroatoms. The Bertz CT molecular complexity index is 991. The molecule has 0 bridgehead atoms. The molecule has 1 aliphatic rings. The van der Waals surface area contributed by atoms with Crippen LogP contribution in [0.1, 0.15) is 23.2 Å². The second kappa shape index (κ2) is 7.85. The fourth-order valence-corrected chi connectivity index (χ4v) is 3.95. The molecule has 1 atom stereocenters. The van der Waals surface area contributed by atoms with Crippen LogP contribution in [0.5, 0.6) is 0 Å². The van der Waals surface area contributed by atoms with Crippen LogP contribution < -0.4 is 5.32 Å². The van der Waals surface area contributed by atoms with Crippen LogP contribution in [0, 0.1) is 5.82 Å². The van der Waals surface area contributed by atoms with Crippen LogP contribution in [0.2, 0.25) is 0 Å². The smallest absolute Gasteiger partial charge is 0.254 e. The Morgan fingerprint density at radius 1 is 1.07 bits per heavy atom. The number of hydrogen-bond donors (Lipinski definition) is 1. The van der Waals surface area contributed by atoms with Crippen LogP contribution in [-0.2, 0) is 4.79 Å². The average molecular weight is 396 g/mol. The second-order valence-electron chi connectivity index (χ2n) is 6.43. The van der Waals surface area contributed by atoms with Gasteiger partial charge in [0.05, 0.1) is 0 Å². The van der Waals surface area contributed by atoms with Crippen LogP contribution in [-0.4, -0.2) is 39.5 Å². The Hall–Kier alpha value is -3.13. The maximum atomic E-state index is 13.1. The lowest BCUT2D eigenvalue weighted by Crippen LogP contribution is -2.43. The van der Waals surface area contributed by atoms with Gasteiger partial charge in [0, 0.05) is 17.7 Å². The number of likely N-dealkylation sites (tertiary alicyclic amines) is 1. The van der Waals surface area contributed by atoms with Gasteiger partial charge in [-0.05, 0) is 49.2 Å². The molecule has 0 saturated carbocycles. The van der Waals surface area contributed by atoms with Gasteiger partial charge in [0.2, 0.25) is 11.0 Å². The standard InChI is InChI=1S/C20H17FN4O2S/c21-15-10-8-13(9-11-15)18-23-24-20(28-18)22-17(26)16-7-4-12-25(16)19(27)14-5-2-1-3-6-14/h1-3,5-6,8-11,16H,4,7,12H2,(H,22,24,26)/t16-/m0/s1. The lowest BCUT2D eigenvalue weighted by Gasteiger charge is -2.23. The number of rotatable bonds is 4. The Morgan fingerprint density at radius 2 is 1.82 bits per heavy atom. The highest BCUT2D eigenvalue weighted by Crippen LogP contribution is 2.27. The van der Waals surface area contributed by atoms with E-state index in [0.717, 1.165) is 12.0 Å². The van der Waals surface area contributed by atoms with Crippen LogP contribution >= 0.6 is 11.3 Å². The number of anilines is 1. The molecule has 2 amide bonds. The predicted molar refractivity (Wildman–Crippen MR) is 104 cm³/mol. The maximum Gasteiger partial charge on any atom is 0.254 e. The van der Waals surface area contributed by atoms with Gasteiger partial charge in [0.15, 0.2) is 0 Å². The van der Waals surface area contributed by atoms with Crippen LogP contribution in [0.4, 0.5) is 9.52 Å². The van der Waals surface area contributed by atoms with Gasteiger partial charge < -0.3 is 4.90 Å². The van der Waals surface area contributed by atoms with Gasteiger partial charge in [-0.15, -0.1) is 10.2 Å². The molecule has 1 aromatic heterocycles. The van der Waals surface area contributed by atoms with Gasteiger partial charge in [-0.1, -0.05) is 29.5 Å². The van der Waals surface area contributed by atoms with Crippen LogP contribution in [0.15, 0.2) is 54.6 Å². The quantitative estimate of drug-likeness (QED) is 0.731. The summed E-state index contributed by atoms with van der Waals surface area (Å²) in [6, 6.07) is 14.3. The number of aromatic nitrogens is 2. The zero-order valence-corrected chi connectivity index (χ0v) is 15.7. The first-order valence-electron chi connectivity index (χ1n) is 8.88. The molecule has 0 unspecified atom stereocenters. The number of nitrogens with one attached hydrogen (secondary N) is 1. The highest BCUT2D eigenvalue weighted by molar-refractivity contribution is 7.18. The van der Waals surface area contributed by atoms with E-state index in [4.69, 9.17) is 0 Å². The van der Waals surface area contributed by atoms with E-state index in [-0.39, 0.29) is 17.6 Å². The number of carbonyl (C=O) groups is 2. The van der Waals surface area contributed by atoms with E-state index in [9.17, 15) is 14.0 Å². The number of halogens is 1. The van der Waals surface area contributed by atoms with Crippen molar-refractivity contribution in [2.45, 2.75) is 18.9 Å². The normalized spacial score (nSPS) is 16.2. The van der Waals surface area contributed by atoms with E-state index in [1.807, 2.05) is 6.07 Å². The van der Waals surface area contributed by atoms with E-state index in [1.54, 1.807) is 41.3 Å². The molecule has 1 fully saturated rings. The molecule has 0 spiro atoms. The van der Waals surface area contributed by atoms with E-state index in [1.165, 1.54) is 23.5 Å². The van der Waals surface area contributed by atoms with E-state index >= 15 is 0 Å². The number of hydrogen-bond acceptors (Lipinski definition) is 5. The summed E-state index contributed by atoms with van der Waals surface area (Å²) < 4.78 is 13.1. The molecule has 2 heterocycles. The summed E-state index contributed by atoms with van der Waals surface area (Å²) in [5, 5.41) is 11.7. The van der Waals surface area contributed by atoms with Crippen LogP contribution in [0.3, 0.4) is 0 Å². The maximum absolute atomic E-state index is 13.1. The third-order valence-electron chi connectivity index (χ3n) is 4.58. The fourth-order valence-electron chi connectivity index (χ4n) is 3.20. The zero-order valence-electron chi connectivity index (χ0n) is 14.8. The molecule has 6 nitrogen and oxygen atoms in total. The minimum Gasteiger partial charge on any atom is -0.327 e. The number of amides is 2. The molecular formula is C20H17FN4O2S. The lowest BCUT2D eigenvalue weighted by atomic mass is 10.1. The molecule has 0 radical (unpaired) electrons. The van der Waals surface area contributed by atoms with Crippen molar-refractivity contribution in [1.82, 2.24) is 15.1 Å². The molecule has 142 valence electrons. The predicted octanol–water partition coefficient (Wildman–Crippen LogP) is 3.59. The Labute approximate surface area is 165 Å². The topological polar surface area (TPSA) is 75.2 Å². The Balaban J connectivity index is 1.46. The molecule has 28 heavy (non-hydrogen) atoms. The summed E-state index contributed by atoms with van der Waals surface area (Å²) in [4.78, 5) is 27.1. The van der Waals surface area contributed by atoms with Crippen LogP contribution in [0.25, 0.3) is 10.6 Å². The van der Waals surface area contributed by atoms with Gasteiger partial charge in [0.1, 0.15) is 16.9 Å². The monoisotopic (exact) mass is 396 g/mol. The van der Waals surface area contributed by atoms with Gasteiger partial charge >= 0.3 is 0 Å². The summed E-state index contributed by atoms with van der Waals surface area (Å²) in [5.74, 6) is -0.752. The van der Waals surface area contributed by atoms with E-state index in [0.29, 0.717) is 28.7 Å². The van der Waals surface area contributed by atoms with Crippen molar-refractivity contribution in [3.05, 3.63) is 66.0 Å². The SMILES string of the molecule is O=C(Nc1nnc(-c2ccc(F)cc2)s1)[C@@H]1CCCN1C(=O)c1ccccc1. The van der Waals surface area contributed by atoms with Crippen molar-refractivity contribution in [2.75, 3.05) is 11.9 Å². The minimum absolute atomic E-state index is 0.150. The highest BCUT2D eigenvalue weighted by Gasteiger charge is 2.34. The van der Waals surface area contributed by atoms with Gasteiger partial charge in [0.25, 0.3) is 5.91 Å². The third-order valence-corrected chi connectivity index (χ3v) is 5.47. The largest absolute Gasteiger partial charge is 0.327 e. The molecule has 1 saturated heterocycles. The molecular weight excluding hydrogens is 379 g/mol. The lowest BCUT2D eigenvalue weighted by molar-refractivity contribution is -0.119. The number of nitrogens with zero attached hydrogens (tertiary/aromatic N) is 3. The molecule has 3 aromatic rings. The average Bonchev–Trinajstić information content (AvgIpc) is 3.38. The minimum atomic E-state index is -0.536. The summed E-state index contributed by atoms with van der Waals surface area (Å²) in [6.45, 7) is 0.544. The Kier molecular flexibility index (Phi) is 5.12. The summed E-state index contributed by atoms with van der Waals surface area (Å²) in [5.41, 5.74) is 1.29. The highest BCUT2D eigenvalue weighted by atomic mass is 32.1. The van der Waals surface area contributed by atoms with Crippen molar-refractivity contribution in [3.8, 4) is 10.6 Å². The van der Waals surface area contributed by atoms with Crippen molar-refractivity contribution < 1.29 is 14.0 Å². The van der Waals surface area contributed by atoms with Crippen molar-refractivity contribution >= 4 is 28.3 Å². The zero-order chi connectivity index (χ0) is 19.5. The first-order chi connectivity index (χ1) is 13.6. The van der Waals surface area contributed by atoms with Gasteiger partial charge in [-0.2, -0.15) is 0 Å². The van der Waals surface area contributed by atoms with Gasteiger partial charge in [-0.3, -0.25) is 14.9 Å². The third kappa shape index (κ3) is 3.77. The number of carbonyl (C=O) groups excluding carboxylic acids is 2. The molecule has 1 aliphatic heterocycles. The van der Waals surface area contributed by atoms with E-state index in [2.05, 4.69) is 15.5 Å². The van der Waals surface area contributed by atoms with Gasteiger partial charge in [-0.25, -0.2) is 4.39 Å². The molecule has 0 aliphatic carbocycles. The molecule has 2 aromatic carbocycles. The first kappa shape index (κ1) is 18.2. The first-order valence-corrected chi connectivity index (χ1v) is 9.70.